The van der Waals surface area contributed by atoms with Gasteiger partial charge in [0.15, 0.2) is 6.10 Å². The second kappa shape index (κ2) is 8.65. The lowest BCUT2D eigenvalue weighted by Crippen LogP contribution is -2.46. The summed E-state index contributed by atoms with van der Waals surface area (Å²) >= 11 is 5.97. The van der Waals surface area contributed by atoms with Crippen molar-refractivity contribution in [3.05, 3.63) is 59.1 Å². The highest BCUT2D eigenvalue weighted by molar-refractivity contribution is 6.30. The quantitative estimate of drug-likeness (QED) is 0.783. The molecule has 0 aromatic heterocycles. The largest absolute Gasteiger partial charge is 0.479 e. The zero-order valence-corrected chi connectivity index (χ0v) is 17.1. The molecule has 1 aliphatic heterocycles. The number of amides is 2. The molecule has 28 heavy (non-hydrogen) atoms. The van der Waals surface area contributed by atoms with Crippen molar-refractivity contribution in [2.45, 2.75) is 39.3 Å². The lowest BCUT2D eigenvalue weighted by molar-refractivity contribution is -0.125. The Bertz CT molecular complexity index is 851. The normalized spacial score (nSPS) is 17.1. The van der Waals surface area contributed by atoms with E-state index >= 15 is 0 Å². The standard InChI is InChI=1S/C22H25ClN2O3/c1-14(2)21(16-8-10-17(23)11-9-16)24-20(26)12-13-25-18-6-4-5-7-19(18)28-15(3)22(25)27/h4-11,14-15,21H,12-13H2,1-3H3,(H,24,26). The van der Waals surface area contributed by atoms with Crippen LogP contribution in [0.3, 0.4) is 0 Å². The Morgan fingerprint density at radius 1 is 1.18 bits per heavy atom. The Morgan fingerprint density at radius 3 is 2.54 bits per heavy atom. The fraction of sp³-hybridized carbons (Fsp3) is 0.364. The van der Waals surface area contributed by atoms with Gasteiger partial charge in [-0.25, -0.2) is 0 Å². The van der Waals surface area contributed by atoms with Crippen molar-refractivity contribution in [1.29, 1.82) is 0 Å². The van der Waals surface area contributed by atoms with Gasteiger partial charge in [-0.05, 0) is 42.7 Å². The summed E-state index contributed by atoms with van der Waals surface area (Å²) < 4.78 is 5.64. The monoisotopic (exact) mass is 400 g/mol. The van der Waals surface area contributed by atoms with Crippen LogP contribution in [0.1, 0.15) is 38.8 Å². The highest BCUT2D eigenvalue weighted by Gasteiger charge is 2.31. The molecule has 0 saturated carbocycles. The van der Waals surface area contributed by atoms with E-state index in [-0.39, 0.29) is 30.2 Å². The molecular weight excluding hydrogens is 376 g/mol. The highest BCUT2D eigenvalue weighted by atomic mass is 35.5. The van der Waals surface area contributed by atoms with Crippen molar-refractivity contribution in [2.24, 2.45) is 5.92 Å². The SMILES string of the molecule is CC1Oc2ccccc2N(CCC(=O)NC(c2ccc(Cl)cc2)C(C)C)C1=O. The molecule has 0 bridgehead atoms. The molecule has 2 unspecified atom stereocenters. The summed E-state index contributed by atoms with van der Waals surface area (Å²) in [5, 5.41) is 3.75. The topological polar surface area (TPSA) is 58.6 Å². The molecule has 0 aliphatic carbocycles. The zero-order chi connectivity index (χ0) is 20.3. The van der Waals surface area contributed by atoms with Crippen molar-refractivity contribution in [3.8, 4) is 5.75 Å². The third-order valence-electron chi connectivity index (χ3n) is 4.85. The van der Waals surface area contributed by atoms with Crippen LogP contribution in [0, 0.1) is 5.92 Å². The lowest BCUT2D eigenvalue weighted by atomic mass is 9.96. The van der Waals surface area contributed by atoms with Crippen LogP contribution in [-0.2, 0) is 9.59 Å². The Morgan fingerprint density at radius 2 is 1.86 bits per heavy atom. The van der Waals surface area contributed by atoms with E-state index < -0.39 is 6.10 Å². The fourth-order valence-electron chi connectivity index (χ4n) is 3.35. The molecule has 2 aromatic carbocycles. The third-order valence-corrected chi connectivity index (χ3v) is 5.10. The Hall–Kier alpha value is -2.53. The Kier molecular flexibility index (Phi) is 6.25. The molecule has 0 spiro atoms. The second-order valence-electron chi connectivity index (χ2n) is 7.31. The van der Waals surface area contributed by atoms with Crippen molar-refractivity contribution < 1.29 is 14.3 Å². The van der Waals surface area contributed by atoms with E-state index in [4.69, 9.17) is 16.3 Å². The molecule has 0 radical (unpaired) electrons. The van der Waals surface area contributed by atoms with Crippen LogP contribution in [0.4, 0.5) is 5.69 Å². The number of hydrogen-bond donors (Lipinski definition) is 1. The number of anilines is 1. The lowest BCUT2D eigenvalue weighted by Gasteiger charge is -2.33. The molecule has 6 heteroatoms. The number of halogens is 1. The maximum absolute atomic E-state index is 12.6. The summed E-state index contributed by atoms with van der Waals surface area (Å²) in [5.74, 6) is 0.648. The van der Waals surface area contributed by atoms with Gasteiger partial charge in [0.1, 0.15) is 5.75 Å². The number of fused-ring (bicyclic) bond motifs is 1. The minimum atomic E-state index is -0.560. The number of ether oxygens (including phenoxy) is 1. The predicted octanol–water partition coefficient (Wildman–Crippen LogP) is 4.36. The fourth-order valence-corrected chi connectivity index (χ4v) is 3.48. The van der Waals surface area contributed by atoms with Crippen molar-refractivity contribution in [3.63, 3.8) is 0 Å². The minimum absolute atomic E-state index is 0.0990. The van der Waals surface area contributed by atoms with Gasteiger partial charge in [-0.2, -0.15) is 0 Å². The van der Waals surface area contributed by atoms with Crippen molar-refractivity contribution >= 4 is 29.1 Å². The molecule has 2 amide bonds. The van der Waals surface area contributed by atoms with Gasteiger partial charge in [-0.15, -0.1) is 0 Å². The maximum atomic E-state index is 12.6. The molecule has 3 rings (SSSR count). The average Bonchev–Trinajstić information content (AvgIpc) is 2.67. The summed E-state index contributed by atoms with van der Waals surface area (Å²) in [6.07, 6.45) is -0.348. The number of hydrogen-bond acceptors (Lipinski definition) is 3. The molecule has 2 aromatic rings. The van der Waals surface area contributed by atoms with E-state index in [0.29, 0.717) is 23.0 Å². The van der Waals surface area contributed by atoms with E-state index in [1.807, 2.05) is 48.5 Å². The van der Waals surface area contributed by atoms with Crippen LogP contribution < -0.4 is 15.0 Å². The van der Waals surface area contributed by atoms with Gasteiger partial charge in [-0.1, -0.05) is 49.7 Å². The first-order chi connectivity index (χ1) is 13.4. The van der Waals surface area contributed by atoms with E-state index in [1.165, 1.54) is 0 Å². The van der Waals surface area contributed by atoms with Gasteiger partial charge in [0.05, 0.1) is 11.7 Å². The first kappa shape index (κ1) is 20.2. The van der Waals surface area contributed by atoms with Crippen molar-refractivity contribution in [1.82, 2.24) is 5.32 Å². The summed E-state index contributed by atoms with van der Waals surface area (Å²) in [4.78, 5) is 26.8. The first-order valence-electron chi connectivity index (χ1n) is 9.48. The number of carbonyl (C=O) groups is 2. The van der Waals surface area contributed by atoms with Crippen LogP contribution in [0.15, 0.2) is 48.5 Å². The van der Waals surface area contributed by atoms with Gasteiger partial charge in [0.25, 0.3) is 5.91 Å². The number of benzene rings is 2. The molecule has 1 heterocycles. The van der Waals surface area contributed by atoms with Crippen LogP contribution >= 0.6 is 11.6 Å². The summed E-state index contributed by atoms with van der Waals surface area (Å²) in [6.45, 7) is 6.15. The first-order valence-corrected chi connectivity index (χ1v) is 9.86. The number of nitrogens with zero attached hydrogens (tertiary/aromatic N) is 1. The van der Waals surface area contributed by atoms with Crippen LogP contribution in [0.5, 0.6) is 5.75 Å². The highest BCUT2D eigenvalue weighted by Crippen LogP contribution is 2.33. The minimum Gasteiger partial charge on any atom is -0.479 e. The number of para-hydroxylation sites is 2. The van der Waals surface area contributed by atoms with Gasteiger partial charge in [-0.3, -0.25) is 9.59 Å². The molecular formula is C22H25ClN2O3. The summed E-state index contributed by atoms with van der Waals surface area (Å²) in [5.41, 5.74) is 1.71. The van der Waals surface area contributed by atoms with Crippen LogP contribution in [0.25, 0.3) is 0 Å². The molecule has 0 saturated heterocycles. The third kappa shape index (κ3) is 4.47. The van der Waals surface area contributed by atoms with E-state index in [9.17, 15) is 9.59 Å². The molecule has 1 N–H and O–H groups in total. The average molecular weight is 401 g/mol. The number of nitrogens with one attached hydrogen (secondary N) is 1. The van der Waals surface area contributed by atoms with Gasteiger partial charge < -0.3 is 15.0 Å². The smallest absolute Gasteiger partial charge is 0.267 e. The maximum Gasteiger partial charge on any atom is 0.267 e. The van der Waals surface area contributed by atoms with Crippen LogP contribution in [-0.4, -0.2) is 24.5 Å². The van der Waals surface area contributed by atoms with Gasteiger partial charge in [0, 0.05) is 18.0 Å². The molecule has 2 atom stereocenters. The molecule has 148 valence electrons. The van der Waals surface area contributed by atoms with E-state index in [1.54, 1.807) is 11.8 Å². The Labute approximate surface area is 170 Å². The van der Waals surface area contributed by atoms with Crippen molar-refractivity contribution in [2.75, 3.05) is 11.4 Å². The van der Waals surface area contributed by atoms with Gasteiger partial charge >= 0.3 is 0 Å². The van der Waals surface area contributed by atoms with Gasteiger partial charge in [0.2, 0.25) is 5.91 Å². The zero-order valence-electron chi connectivity index (χ0n) is 16.3. The van der Waals surface area contributed by atoms with E-state index in [2.05, 4.69) is 19.2 Å². The summed E-state index contributed by atoms with van der Waals surface area (Å²) in [7, 11) is 0. The van der Waals surface area contributed by atoms with E-state index in [0.717, 1.165) is 5.56 Å². The second-order valence-corrected chi connectivity index (χ2v) is 7.74. The predicted molar refractivity (Wildman–Crippen MR) is 111 cm³/mol. The molecule has 0 fully saturated rings. The number of carbonyl (C=O) groups excluding carboxylic acids is 2. The Balaban J connectivity index is 1.67. The molecule has 1 aliphatic rings. The summed E-state index contributed by atoms with van der Waals surface area (Å²) in [6, 6.07) is 14.8. The van der Waals surface area contributed by atoms with Crippen LogP contribution in [0.2, 0.25) is 5.02 Å². The number of rotatable bonds is 6. The molecule has 5 nitrogen and oxygen atoms in total.